The fourth-order valence-electron chi connectivity index (χ4n) is 1.50. The van der Waals surface area contributed by atoms with E-state index in [1.165, 1.54) is 13.1 Å². The van der Waals surface area contributed by atoms with Gasteiger partial charge in [-0.05, 0) is 18.6 Å². The van der Waals surface area contributed by atoms with E-state index in [2.05, 4.69) is 4.98 Å². The Morgan fingerprint density at radius 3 is 2.72 bits per heavy atom. The fraction of sp³-hybridized carbons (Fsp3) is 0.143. The Bertz CT molecular complexity index is 555. The number of ether oxygens (including phenoxy) is 1. The molecule has 0 amide bonds. The predicted molar refractivity (Wildman–Crippen MR) is 70.0 cm³/mol. The minimum absolute atomic E-state index is 0.127. The highest BCUT2D eigenvalue weighted by molar-refractivity contribution is 6.32. The minimum atomic E-state index is -0.127. The molecule has 0 aliphatic heterocycles. The van der Waals surface area contributed by atoms with Crippen LogP contribution in [0.15, 0.2) is 42.6 Å². The van der Waals surface area contributed by atoms with Gasteiger partial charge in [0, 0.05) is 0 Å². The van der Waals surface area contributed by atoms with Crippen molar-refractivity contribution >= 4 is 17.4 Å². The van der Waals surface area contributed by atoms with E-state index in [0.29, 0.717) is 17.9 Å². The lowest BCUT2D eigenvalue weighted by molar-refractivity contribution is 0.101. The molecule has 92 valence electrons. The van der Waals surface area contributed by atoms with E-state index >= 15 is 0 Å². The predicted octanol–water partition coefficient (Wildman–Crippen LogP) is 3.52. The first-order valence-corrected chi connectivity index (χ1v) is 5.88. The molecule has 2 rings (SSSR count). The van der Waals surface area contributed by atoms with Gasteiger partial charge in [-0.15, -0.1) is 0 Å². The summed E-state index contributed by atoms with van der Waals surface area (Å²) in [5.41, 5.74) is 1.43. The first kappa shape index (κ1) is 12.6. The number of aromatic nitrogens is 1. The van der Waals surface area contributed by atoms with E-state index in [9.17, 15) is 4.79 Å². The third-order valence-electron chi connectivity index (χ3n) is 2.44. The standard InChI is InChI=1S/C14H12ClNO2/c1-10(17)13-7-12(8-16-14(13)15)18-9-11-5-3-2-4-6-11/h2-8H,9H2,1H3. The molecule has 1 aromatic carbocycles. The number of carbonyl (C=O) groups is 1. The van der Waals surface area contributed by atoms with E-state index in [-0.39, 0.29) is 10.9 Å². The normalized spacial score (nSPS) is 10.1. The molecule has 0 saturated carbocycles. The summed E-state index contributed by atoms with van der Waals surface area (Å²) in [4.78, 5) is 15.2. The third-order valence-corrected chi connectivity index (χ3v) is 2.74. The van der Waals surface area contributed by atoms with Crippen LogP contribution in [-0.2, 0) is 6.61 Å². The Kier molecular flexibility index (Phi) is 3.95. The molecule has 0 saturated heterocycles. The molecule has 4 heteroatoms. The van der Waals surface area contributed by atoms with E-state index in [1.807, 2.05) is 30.3 Å². The van der Waals surface area contributed by atoms with Gasteiger partial charge in [0.05, 0.1) is 11.8 Å². The van der Waals surface area contributed by atoms with Gasteiger partial charge in [-0.1, -0.05) is 41.9 Å². The molecular formula is C14H12ClNO2. The zero-order chi connectivity index (χ0) is 13.0. The first-order valence-electron chi connectivity index (χ1n) is 5.50. The molecule has 3 nitrogen and oxygen atoms in total. The largest absolute Gasteiger partial charge is 0.487 e. The van der Waals surface area contributed by atoms with Gasteiger partial charge in [-0.3, -0.25) is 4.79 Å². The van der Waals surface area contributed by atoms with Crippen molar-refractivity contribution in [2.75, 3.05) is 0 Å². The lowest BCUT2D eigenvalue weighted by atomic mass is 10.2. The molecule has 2 aromatic rings. The van der Waals surface area contributed by atoms with Crippen molar-refractivity contribution in [2.45, 2.75) is 13.5 Å². The quantitative estimate of drug-likeness (QED) is 0.624. The summed E-state index contributed by atoms with van der Waals surface area (Å²) in [6.07, 6.45) is 1.51. The molecule has 0 atom stereocenters. The highest BCUT2D eigenvalue weighted by Gasteiger charge is 2.08. The number of pyridine rings is 1. The summed E-state index contributed by atoms with van der Waals surface area (Å²) in [5.74, 6) is 0.408. The van der Waals surface area contributed by atoms with Crippen molar-refractivity contribution in [3.05, 3.63) is 58.9 Å². The van der Waals surface area contributed by atoms with E-state index in [1.54, 1.807) is 6.07 Å². The second-order valence-electron chi connectivity index (χ2n) is 3.84. The summed E-state index contributed by atoms with van der Waals surface area (Å²) in [7, 11) is 0. The Labute approximate surface area is 110 Å². The summed E-state index contributed by atoms with van der Waals surface area (Å²) in [6.45, 7) is 1.88. The minimum Gasteiger partial charge on any atom is -0.487 e. The number of rotatable bonds is 4. The number of benzene rings is 1. The van der Waals surface area contributed by atoms with Crippen molar-refractivity contribution in [3.63, 3.8) is 0 Å². The molecule has 0 unspecified atom stereocenters. The summed E-state index contributed by atoms with van der Waals surface area (Å²) in [6, 6.07) is 11.4. The van der Waals surface area contributed by atoms with Gasteiger partial charge in [0.15, 0.2) is 5.78 Å². The average Bonchev–Trinajstić information content (AvgIpc) is 2.38. The SMILES string of the molecule is CC(=O)c1cc(OCc2ccccc2)cnc1Cl. The molecule has 0 aliphatic rings. The first-order chi connectivity index (χ1) is 8.66. The van der Waals surface area contributed by atoms with Gasteiger partial charge in [0.2, 0.25) is 0 Å². The maximum Gasteiger partial charge on any atom is 0.163 e. The molecule has 1 aromatic heterocycles. The van der Waals surface area contributed by atoms with Gasteiger partial charge in [-0.2, -0.15) is 0 Å². The Balaban J connectivity index is 2.11. The second kappa shape index (κ2) is 5.65. The molecule has 0 radical (unpaired) electrons. The van der Waals surface area contributed by atoms with Crippen LogP contribution in [0.25, 0.3) is 0 Å². The Morgan fingerprint density at radius 2 is 2.06 bits per heavy atom. The average molecular weight is 262 g/mol. The van der Waals surface area contributed by atoms with Crippen molar-refractivity contribution in [3.8, 4) is 5.75 Å². The van der Waals surface area contributed by atoms with Crippen LogP contribution in [0.5, 0.6) is 5.75 Å². The topological polar surface area (TPSA) is 39.2 Å². The maximum absolute atomic E-state index is 11.3. The van der Waals surface area contributed by atoms with Crippen molar-refractivity contribution < 1.29 is 9.53 Å². The lowest BCUT2D eigenvalue weighted by Gasteiger charge is -2.07. The van der Waals surface area contributed by atoms with Crippen LogP contribution in [0.2, 0.25) is 5.15 Å². The molecular weight excluding hydrogens is 250 g/mol. The van der Waals surface area contributed by atoms with Gasteiger partial charge in [0.1, 0.15) is 17.5 Å². The Morgan fingerprint density at radius 1 is 1.33 bits per heavy atom. The fourth-order valence-corrected chi connectivity index (χ4v) is 1.73. The van der Waals surface area contributed by atoms with Crippen LogP contribution >= 0.6 is 11.6 Å². The van der Waals surface area contributed by atoms with Gasteiger partial charge in [-0.25, -0.2) is 4.98 Å². The zero-order valence-electron chi connectivity index (χ0n) is 9.89. The van der Waals surface area contributed by atoms with E-state index < -0.39 is 0 Å². The van der Waals surface area contributed by atoms with Crippen LogP contribution in [0.3, 0.4) is 0 Å². The zero-order valence-corrected chi connectivity index (χ0v) is 10.6. The highest BCUT2D eigenvalue weighted by atomic mass is 35.5. The number of carbonyl (C=O) groups excluding carboxylic acids is 1. The highest BCUT2D eigenvalue weighted by Crippen LogP contribution is 2.20. The molecule has 18 heavy (non-hydrogen) atoms. The van der Waals surface area contributed by atoms with E-state index in [0.717, 1.165) is 5.56 Å². The molecule has 0 bridgehead atoms. The van der Waals surface area contributed by atoms with Gasteiger partial charge < -0.3 is 4.74 Å². The number of Topliss-reactive ketones (excluding diaryl/α,β-unsaturated/α-hetero) is 1. The smallest absolute Gasteiger partial charge is 0.163 e. The molecule has 1 heterocycles. The van der Waals surface area contributed by atoms with Gasteiger partial charge in [0.25, 0.3) is 0 Å². The molecule has 0 spiro atoms. The monoisotopic (exact) mass is 261 g/mol. The van der Waals surface area contributed by atoms with Crippen molar-refractivity contribution in [1.29, 1.82) is 0 Å². The van der Waals surface area contributed by atoms with Gasteiger partial charge >= 0.3 is 0 Å². The van der Waals surface area contributed by atoms with Crippen molar-refractivity contribution in [2.24, 2.45) is 0 Å². The Hall–Kier alpha value is -1.87. The molecule has 0 fully saturated rings. The summed E-state index contributed by atoms with van der Waals surface area (Å²) < 4.78 is 5.56. The number of nitrogens with zero attached hydrogens (tertiary/aromatic N) is 1. The van der Waals surface area contributed by atoms with Crippen LogP contribution in [-0.4, -0.2) is 10.8 Å². The van der Waals surface area contributed by atoms with Crippen LogP contribution in [0.4, 0.5) is 0 Å². The van der Waals surface area contributed by atoms with Crippen LogP contribution in [0.1, 0.15) is 22.8 Å². The second-order valence-corrected chi connectivity index (χ2v) is 4.20. The van der Waals surface area contributed by atoms with Crippen LogP contribution in [0, 0.1) is 0 Å². The number of halogens is 1. The molecule has 0 aliphatic carbocycles. The number of hydrogen-bond acceptors (Lipinski definition) is 3. The lowest BCUT2D eigenvalue weighted by Crippen LogP contribution is -2.00. The number of ketones is 1. The number of hydrogen-bond donors (Lipinski definition) is 0. The maximum atomic E-state index is 11.3. The van der Waals surface area contributed by atoms with E-state index in [4.69, 9.17) is 16.3 Å². The van der Waals surface area contributed by atoms with Crippen LogP contribution < -0.4 is 4.74 Å². The summed E-state index contributed by atoms with van der Waals surface area (Å²) in [5, 5.41) is 0.203. The molecule has 0 N–H and O–H groups in total. The third kappa shape index (κ3) is 3.08. The summed E-state index contributed by atoms with van der Waals surface area (Å²) >= 11 is 5.82. The van der Waals surface area contributed by atoms with Crippen molar-refractivity contribution in [1.82, 2.24) is 4.98 Å².